The van der Waals surface area contributed by atoms with E-state index in [0.29, 0.717) is 6.54 Å². The zero-order valence-corrected chi connectivity index (χ0v) is 8.81. The summed E-state index contributed by atoms with van der Waals surface area (Å²) in [5.74, 6) is 0. The first kappa shape index (κ1) is 10.1. The van der Waals surface area contributed by atoms with Gasteiger partial charge < -0.3 is 5.73 Å². The Morgan fingerprint density at radius 2 is 1.93 bits per heavy atom. The van der Waals surface area contributed by atoms with E-state index in [0.717, 1.165) is 15.7 Å². The number of hydrogen-bond donors (Lipinski definition) is 1. The van der Waals surface area contributed by atoms with Gasteiger partial charge in [0.1, 0.15) is 0 Å². The lowest BCUT2D eigenvalue weighted by atomic mass is 10.3. The van der Waals surface area contributed by atoms with Crippen molar-refractivity contribution in [3.8, 4) is 0 Å². The largest absolute Gasteiger partial charge is 0.325 e. The molecule has 15 heavy (non-hydrogen) atoms. The van der Waals surface area contributed by atoms with Crippen molar-refractivity contribution in [2.45, 2.75) is 16.6 Å². The molecule has 0 aromatic carbocycles. The molecule has 0 atom stereocenters. The van der Waals surface area contributed by atoms with Gasteiger partial charge in [-0.1, -0.05) is 0 Å². The summed E-state index contributed by atoms with van der Waals surface area (Å²) in [6, 6.07) is 5.66. The predicted octanol–water partition coefficient (Wildman–Crippen LogP) is 1.48. The Bertz CT molecular complexity index is 432. The minimum Gasteiger partial charge on any atom is -0.325 e. The maximum absolute atomic E-state index is 5.51. The first-order valence-electron chi connectivity index (χ1n) is 4.48. The van der Waals surface area contributed by atoms with E-state index in [9.17, 15) is 0 Å². The fourth-order valence-corrected chi connectivity index (χ4v) is 1.84. The maximum atomic E-state index is 5.51. The van der Waals surface area contributed by atoms with E-state index in [1.165, 1.54) is 11.8 Å². The second-order valence-electron chi connectivity index (χ2n) is 2.82. The van der Waals surface area contributed by atoms with E-state index in [-0.39, 0.29) is 0 Å². The predicted molar refractivity (Wildman–Crippen MR) is 58.3 cm³/mol. The summed E-state index contributed by atoms with van der Waals surface area (Å²) in [6.07, 6.45) is 5.19. The van der Waals surface area contributed by atoms with Crippen molar-refractivity contribution < 1.29 is 0 Å². The Hall–Kier alpha value is -1.46. The third-order valence-corrected chi connectivity index (χ3v) is 2.63. The molecule has 0 aliphatic heterocycles. The topological polar surface area (TPSA) is 64.7 Å². The van der Waals surface area contributed by atoms with E-state index >= 15 is 0 Å². The minimum absolute atomic E-state index is 0.448. The van der Waals surface area contributed by atoms with Gasteiger partial charge in [-0.15, -0.1) is 0 Å². The Balaban J connectivity index is 2.17. The van der Waals surface area contributed by atoms with Gasteiger partial charge in [0, 0.05) is 30.0 Å². The summed E-state index contributed by atoms with van der Waals surface area (Å²) in [7, 11) is 0. The molecule has 0 aliphatic carbocycles. The van der Waals surface area contributed by atoms with Crippen LogP contribution < -0.4 is 5.73 Å². The second-order valence-corrected chi connectivity index (χ2v) is 3.86. The molecule has 2 aromatic rings. The summed E-state index contributed by atoms with van der Waals surface area (Å²) in [5.41, 5.74) is 6.38. The Kier molecular flexibility index (Phi) is 3.26. The standard InChI is InChI=1S/C10H10N4S/c11-7-8-6-9(2-5-12-8)15-10-13-3-1-4-14-10/h1-6H,7,11H2. The number of aromatic nitrogens is 3. The zero-order chi connectivity index (χ0) is 10.5. The van der Waals surface area contributed by atoms with Gasteiger partial charge in [0.05, 0.1) is 5.69 Å². The summed E-state index contributed by atoms with van der Waals surface area (Å²) in [6.45, 7) is 0.448. The van der Waals surface area contributed by atoms with Crippen molar-refractivity contribution in [1.82, 2.24) is 15.0 Å². The van der Waals surface area contributed by atoms with Crippen molar-refractivity contribution in [2.24, 2.45) is 5.73 Å². The maximum Gasteiger partial charge on any atom is 0.192 e. The SMILES string of the molecule is NCc1cc(Sc2ncccn2)ccn1. The van der Waals surface area contributed by atoms with Crippen LogP contribution in [0.2, 0.25) is 0 Å². The third kappa shape index (κ3) is 2.74. The van der Waals surface area contributed by atoms with E-state index in [1.807, 2.05) is 12.1 Å². The smallest absolute Gasteiger partial charge is 0.192 e. The molecule has 0 radical (unpaired) electrons. The molecule has 0 spiro atoms. The van der Waals surface area contributed by atoms with Gasteiger partial charge in [-0.05, 0) is 30.0 Å². The average molecular weight is 218 g/mol. The highest BCUT2D eigenvalue weighted by atomic mass is 32.2. The summed E-state index contributed by atoms with van der Waals surface area (Å²) in [4.78, 5) is 13.4. The molecule has 0 saturated heterocycles. The molecular formula is C10H10N4S. The van der Waals surface area contributed by atoms with Crippen molar-refractivity contribution in [2.75, 3.05) is 0 Å². The van der Waals surface area contributed by atoms with Crippen LogP contribution in [0, 0.1) is 0 Å². The molecule has 0 fully saturated rings. The van der Waals surface area contributed by atoms with E-state index in [4.69, 9.17) is 5.73 Å². The molecule has 0 amide bonds. The first-order chi connectivity index (χ1) is 7.38. The van der Waals surface area contributed by atoms with E-state index in [2.05, 4.69) is 15.0 Å². The number of hydrogen-bond acceptors (Lipinski definition) is 5. The molecule has 2 heterocycles. The van der Waals surface area contributed by atoms with Crippen LogP contribution in [0.25, 0.3) is 0 Å². The van der Waals surface area contributed by atoms with Gasteiger partial charge >= 0.3 is 0 Å². The number of nitrogens with zero attached hydrogens (tertiary/aromatic N) is 3. The Morgan fingerprint density at radius 1 is 1.13 bits per heavy atom. The van der Waals surface area contributed by atoms with Gasteiger partial charge in [-0.2, -0.15) is 0 Å². The number of pyridine rings is 1. The highest BCUT2D eigenvalue weighted by Gasteiger charge is 2.00. The Morgan fingerprint density at radius 3 is 2.67 bits per heavy atom. The molecule has 2 aromatic heterocycles. The van der Waals surface area contributed by atoms with Crippen molar-refractivity contribution in [1.29, 1.82) is 0 Å². The number of nitrogens with two attached hydrogens (primary N) is 1. The third-order valence-electron chi connectivity index (χ3n) is 1.75. The molecular weight excluding hydrogens is 208 g/mol. The van der Waals surface area contributed by atoms with Gasteiger partial charge in [0.15, 0.2) is 5.16 Å². The Labute approximate surface area is 92.0 Å². The summed E-state index contributed by atoms with van der Waals surface area (Å²) >= 11 is 1.50. The highest BCUT2D eigenvalue weighted by Crippen LogP contribution is 2.23. The molecule has 2 N–H and O–H groups in total. The number of rotatable bonds is 3. The molecule has 5 heteroatoms. The summed E-state index contributed by atoms with van der Waals surface area (Å²) < 4.78 is 0. The van der Waals surface area contributed by atoms with Gasteiger partial charge in [0.2, 0.25) is 0 Å². The molecule has 0 saturated carbocycles. The monoisotopic (exact) mass is 218 g/mol. The van der Waals surface area contributed by atoms with Crippen LogP contribution in [0.1, 0.15) is 5.69 Å². The first-order valence-corrected chi connectivity index (χ1v) is 5.30. The van der Waals surface area contributed by atoms with Crippen molar-refractivity contribution in [3.63, 3.8) is 0 Å². The quantitative estimate of drug-likeness (QED) is 0.790. The molecule has 4 nitrogen and oxygen atoms in total. The fraction of sp³-hybridized carbons (Fsp3) is 0.100. The second kappa shape index (κ2) is 4.86. The fourth-order valence-electron chi connectivity index (χ4n) is 1.07. The molecule has 76 valence electrons. The van der Waals surface area contributed by atoms with Crippen LogP contribution in [0.5, 0.6) is 0 Å². The van der Waals surface area contributed by atoms with E-state index < -0.39 is 0 Å². The zero-order valence-electron chi connectivity index (χ0n) is 8.00. The highest BCUT2D eigenvalue weighted by molar-refractivity contribution is 7.99. The normalized spacial score (nSPS) is 10.2. The molecule has 0 bridgehead atoms. The lowest BCUT2D eigenvalue weighted by Gasteiger charge is -2.00. The van der Waals surface area contributed by atoms with Gasteiger partial charge in [0.25, 0.3) is 0 Å². The molecule has 0 aliphatic rings. The summed E-state index contributed by atoms with van der Waals surface area (Å²) in [5, 5.41) is 0.728. The van der Waals surface area contributed by atoms with Gasteiger partial charge in [-0.3, -0.25) is 4.98 Å². The molecule has 0 unspecified atom stereocenters. The molecule has 2 rings (SSSR count). The van der Waals surface area contributed by atoms with Crippen LogP contribution in [0.15, 0.2) is 46.8 Å². The minimum atomic E-state index is 0.448. The van der Waals surface area contributed by atoms with Crippen LogP contribution >= 0.6 is 11.8 Å². The lowest BCUT2D eigenvalue weighted by molar-refractivity contribution is 0.957. The average Bonchev–Trinajstić information content (AvgIpc) is 2.31. The van der Waals surface area contributed by atoms with Crippen LogP contribution in [-0.4, -0.2) is 15.0 Å². The van der Waals surface area contributed by atoms with Crippen LogP contribution in [0.3, 0.4) is 0 Å². The van der Waals surface area contributed by atoms with Gasteiger partial charge in [-0.25, -0.2) is 9.97 Å². The van der Waals surface area contributed by atoms with E-state index in [1.54, 1.807) is 24.7 Å². The van der Waals surface area contributed by atoms with Crippen molar-refractivity contribution >= 4 is 11.8 Å². The van der Waals surface area contributed by atoms with Crippen molar-refractivity contribution in [3.05, 3.63) is 42.5 Å². The van der Waals surface area contributed by atoms with Crippen LogP contribution in [-0.2, 0) is 6.54 Å². The van der Waals surface area contributed by atoms with Crippen LogP contribution in [0.4, 0.5) is 0 Å². The lowest BCUT2D eigenvalue weighted by Crippen LogP contribution is -1.98.